The fraction of sp³-hybridized carbons (Fsp3) is 0.325. The van der Waals surface area contributed by atoms with Gasteiger partial charge in [0.2, 0.25) is 12.3 Å². The molecule has 3 N–H and O–H groups in total. The fourth-order valence-electron chi connectivity index (χ4n) is 5.05. The number of methoxy groups -OCH3 is 1. The maximum atomic E-state index is 12.8. The van der Waals surface area contributed by atoms with Crippen LogP contribution >= 0.6 is 0 Å². The number of amidine groups is 1. The van der Waals surface area contributed by atoms with Gasteiger partial charge >= 0.3 is 0 Å². The molecule has 0 heterocycles. The van der Waals surface area contributed by atoms with E-state index >= 15 is 0 Å². The second-order valence-electron chi connectivity index (χ2n) is 12.0. The predicted octanol–water partition coefficient (Wildman–Crippen LogP) is 8.02. The number of nitrogens with one attached hydrogen (secondary N) is 1. The van der Waals surface area contributed by atoms with Crippen molar-refractivity contribution in [3.63, 3.8) is 0 Å². The molecule has 0 aliphatic heterocycles. The third-order valence-corrected chi connectivity index (χ3v) is 7.98. The van der Waals surface area contributed by atoms with E-state index < -0.39 is 0 Å². The molecular weight excluding hydrogens is 628 g/mol. The summed E-state index contributed by atoms with van der Waals surface area (Å²) in [6.45, 7) is 12.5. The summed E-state index contributed by atoms with van der Waals surface area (Å²) in [6, 6.07) is 20.9. The van der Waals surface area contributed by atoms with Gasteiger partial charge in [-0.25, -0.2) is 4.99 Å². The Balaban J connectivity index is 0.00000160. The Kier molecular flexibility index (Phi) is 15.3. The topological polar surface area (TPSA) is 113 Å². The molecule has 0 aromatic heterocycles. The van der Waals surface area contributed by atoms with E-state index in [0.29, 0.717) is 53.3 Å². The molecule has 10 nitrogen and oxygen atoms in total. The van der Waals surface area contributed by atoms with E-state index in [9.17, 15) is 9.59 Å². The van der Waals surface area contributed by atoms with E-state index in [1.54, 1.807) is 25.1 Å². The molecule has 1 aliphatic carbocycles. The molecule has 1 fully saturated rings. The molecule has 0 spiro atoms. The average Bonchev–Trinajstić information content (AvgIpc) is 3.95. The Morgan fingerprint density at radius 1 is 1.02 bits per heavy atom. The van der Waals surface area contributed by atoms with Crippen molar-refractivity contribution < 1.29 is 19.1 Å². The molecule has 4 rings (SSSR count). The largest absolute Gasteiger partial charge is 0.497 e. The fourth-order valence-corrected chi connectivity index (χ4v) is 5.05. The summed E-state index contributed by atoms with van der Waals surface area (Å²) in [5.41, 5.74) is 9.93. The van der Waals surface area contributed by atoms with Crippen LogP contribution in [-0.2, 0) is 9.59 Å². The number of benzene rings is 3. The van der Waals surface area contributed by atoms with Crippen molar-refractivity contribution in [3.05, 3.63) is 109 Å². The first-order valence-electron chi connectivity index (χ1n) is 16.9. The summed E-state index contributed by atoms with van der Waals surface area (Å²) in [5.74, 6) is 1.78. The summed E-state index contributed by atoms with van der Waals surface area (Å²) in [7, 11) is 5.40. The van der Waals surface area contributed by atoms with Crippen LogP contribution in [-0.4, -0.2) is 56.8 Å². The first kappa shape index (κ1) is 39.1. The minimum absolute atomic E-state index is 0.227. The number of aliphatic imine (C=N–C) groups is 1. The third-order valence-electron chi connectivity index (χ3n) is 7.98. The summed E-state index contributed by atoms with van der Waals surface area (Å²) in [6.07, 6.45) is 10.3. The van der Waals surface area contributed by atoms with Crippen LogP contribution in [0.2, 0.25) is 0 Å². The van der Waals surface area contributed by atoms with E-state index in [0.717, 1.165) is 17.0 Å². The second-order valence-corrected chi connectivity index (χ2v) is 12.0. The molecule has 50 heavy (non-hydrogen) atoms. The van der Waals surface area contributed by atoms with Crippen LogP contribution in [0.3, 0.4) is 0 Å². The molecule has 0 atom stereocenters. The third kappa shape index (κ3) is 11.4. The number of likely N-dealkylation sites (N-methyl/N-ethyl adjacent to an activating group) is 2. The van der Waals surface area contributed by atoms with Gasteiger partial charge in [0.15, 0.2) is 5.84 Å². The van der Waals surface area contributed by atoms with Gasteiger partial charge in [-0.2, -0.15) is 0 Å². The smallest absolute Gasteiger partial charge is 0.248 e. The summed E-state index contributed by atoms with van der Waals surface area (Å²) < 4.78 is 11.5. The lowest BCUT2D eigenvalue weighted by Gasteiger charge is -2.30. The minimum atomic E-state index is -0.297. The van der Waals surface area contributed by atoms with Crippen LogP contribution in [0, 0.1) is 6.92 Å². The van der Waals surface area contributed by atoms with Gasteiger partial charge in [0.1, 0.15) is 22.9 Å². The number of ether oxygens (including phenoxy) is 2. The molecule has 1 saturated carbocycles. The number of carbonyl (C=O) groups is 2. The Bertz CT molecular complexity index is 1670. The first-order chi connectivity index (χ1) is 24.1. The number of amides is 2. The molecule has 3 aromatic carbocycles. The van der Waals surface area contributed by atoms with Crippen LogP contribution in [0.5, 0.6) is 17.2 Å². The highest BCUT2D eigenvalue weighted by Crippen LogP contribution is 2.33. The Labute approximate surface area is 297 Å². The molecule has 3 aromatic rings. The van der Waals surface area contributed by atoms with Gasteiger partial charge in [-0.3, -0.25) is 19.4 Å². The van der Waals surface area contributed by atoms with Gasteiger partial charge in [0.25, 0.3) is 0 Å². The molecule has 266 valence electrons. The highest BCUT2D eigenvalue weighted by molar-refractivity contribution is 6.20. The normalized spacial score (nSPS) is 13.2. The number of unbranched alkanes of at least 4 members (excludes halogenated alkanes) is 1. The van der Waals surface area contributed by atoms with Crippen LogP contribution in [0.4, 0.5) is 17.1 Å². The maximum absolute atomic E-state index is 12.8. The second kappa shape index (κ2) is 19.6. The van der Waals surface area contributed by atoms with E-state index in [2.05, 4.69) is 35.6 Å². The number of carbonyl (C=O) groups excluding carboxylic acids is 2. The van der Waals surface area contributed by atoms with Crippen molar-refractivity contribution in [2.24, 2.45) is 10.7 Å². The Hall–Kier alpha value is -5.35. The quantitative estimate of drug-likeness (QED) is 0.0724. The van der Waals surface area contributed by atoms with Crippen molar-refractivity contribution in [1.82, 2.24) is 4.90 Å². The van der Waals surface area contributed by atoms with Crippen molar-refractivity contribution >= 4 is 35.2 Å². The highest BCUT2D eigenvalue weighted by Gasteiger charge is 2.26. The molecule has 0 unspecified atom stereocenters. The zero-order chi connectivity index (χ0) is 36.6. The van der Waals surface area contributed by atoms with E-state index in [1.165, 1.54) is 50.0 Å². The molecule has 0 bridgehead atoms. The van der Waals surface area contributed by atoms with Crippen LogP contribution in [0.25, 0.3) is 0 Å². The lowest BCUT2D eigenvalue weighted by molar-refractivity contribution is -0.112. The molecule has 0 radical (unpaired) electrons. The SMILES string of the molecule is C=CN=C(/C(=C(\C)N)N(C)c1ccc(Oc2ccccc2)cc1C)N(C=O)c1cc(NC(=O)/C=C/CN(C)C2CC2)cc(OC)c1.CCCC. The molecular formula is C40H52N6O4. The number of allylic oxidation sites excluding steroid dienone is 1. The van der Waals surface area contributed by atoms with Gasteiger partial charge in [0, 0.05) is 61.1 Å². The van der Waals surface area contributed by atoms with Crippen molar-refractivity contribution in [2.75, 3.05) is 42.9 Å². The standard InChI is InChI=1S/C36H42N6O4.C4H10/c1-7-38-36(35(26(3)37)41(5)33-18-17-31(20-25(33)2)46-30-12-9-8-10-13-30)42(24-43)29-21-27(22-32(23-29)45-6)39-34(44)14-11-19-40(4)28-15-16-28;1-3-4-2/h7-14,17-18,20-24,28H,1,15-16,19,37H2,2-6H3,(H,39,44);3-4H2,1-2H3/b14-11+,35-26-,38-36?;. The van der Waals surface area contributed by atoms with Gasteiger partial charge in [-0.15, -0.1) is 0 Å². The van der Waals surface area contributed by atoms with Crippen molar-refractivity contribution in [2.45, 2.75) is 59.4 Å². The number of hydrogen-bond donors (Lipinski definition) is 2. The van der Waals surface area contributed by atoms with Crippen molar-refractivity contribution in [1.29, 1.82) is 0 Å². The Morgan fingerprint density at radius 2 is 1.72 bits per heavy atom. The monoisotopic (exact) mass is 680 g/mol. The van der Waals surface area contributed by atoms with Crippen molar-refractivity contribution in [3.8, 4) is 17.2 Å². The Morgan fingerprint density at radius 3 is 2.28 bits per heavy atom. The number of nitrogens with zero attached hydrogens (tertiary/aromatic N) is 4. The number of nitrogens with two attached hydrogens (primary N) is 1. The number of aryl methyl sites for hydroxylation is 1. The van der Waals surface area contributed by atoms with Crippen LogP contribution in [0.15, 0.2) is 108 Å². The average molecular weight is 681 g/mol. The van der Waals surface area contributed by atoms with Gasteiger partial charge in [0.05, 0.1) is 12.8 Å². The molecule has 1 aliphatic rings. The van der Waals surface area contributed by atoms with Crippen LogP contribution < -0.4 is 30.3 Å². The molecule has 0 saturated heterocycles. The maximum Gasteiger partial charge on any atom is 0.248 e. The highest BCUT2D eigenvalue weighted by atomic mass is 16.5. The van der Waals surface area contributed by atoms with Gasteiger partial charge < -0.3 is 25.4 Å². The zero-order valence-electron chi connectivity index (χ0n) is 30.5. The van der Waals surface area contributed by atoms with Gasteiger partial charge in [-0.1, -0.05) is 57.5 Å². The first-order valence-corrected chi connectivity index (χ1v) is 16.9. The van der Waals surface area contributed by atoms with E-state index in [4.69, 9.17) is 15.2 Å². The number of hydrogen-bond acceptors (Lipinski definition) is 8. The summed E-state index contributed by atoms with van der Waals surface area (Å²) in [4.78, 5) is 35.4. The van der Waals surface area contributed by atoms with E-state index in [1.807, 2.05) is 80.5 Å². The zero-order valence-corrected chi connectivity index (χ0v) is 30.5. The number of anilines is 3. The van der Waals surface area contributed by atoms with E-state index in [-0.39, 0.29) is 11.7 Å². The van der Waals surface area contributed by atoms with Gasteiger partial charge in [-0.05, 0) is 75.7 Å². The lowest BCUT2D eigenvalue weighted by atomic mass is 10.1. The summed E-state index contributed by atoms with van der Waals surface area (Å²) >= 11 is 0. The molecule has 2 amide bonds. The predicted molar refractivity (Wildman–Crippen MR) is 206 cm³/mol. The minimum Gasteiger partial charge on any atom is -0.497 e. The number of para-hydroxylation sites is 1. The van der Waals surface area contributed by atoms with Crippen LogP contribution in [0.1, 0.15) is 52.0 Å². The summed E-state index contributed by atoms with van der Waals surface area (Å²) in [5, 5.41) is 2.87. The molecule has 10 heteroatoms. The lowest BCUT2D eigenvalue weighted by Crippen LogP contribution is -2.38. The number of rotatable bonds is 15.